The molecule has 0 saturated carbocycles. The highest BCUT2D eigenvalue weighted by Crippen LogP contribution is 2.29. The fourth-order valence-electron chi connectivity index (χ4n) is 2.37. The first-order valence-electron chi connectivity index (χ1n) is 6.74. The number of nitrogens with one attached hydrogen (secondary N) is 1. The molecule has 118 valence electrons. The van der Waals surface area contributed by atoms with Crippen molar-refractivity contribution in [3.05, 3.63) is 80.5 Å². The van der Waals surface area contributed by atoms with Crippen molar-refractivity contribution in [1.82, 2.24) is 9.55 Å². The smallest absolute Gasteiger partial charge is 0.307 e. The number of H-pyrrole nitrogens is 1. The van der Waals surface area contributed by atoms with Crippen LogP contribution in [0, 0.1) is 0 Å². The molecular weight excluding hydrogens is 309 g/mol. The zero-order valence-electron chi connectivity index (χ0n) is 11.7. The van der Waals surface area contributed by atoms with Crippen LogP contribution in [0.3, 0.4) is 0 Å². The van der Waals surface area contributed by atoms with Crippen LogP contribution in [0.15, 0.2) is 58.1 Å². The second kappa shape index (κ2) is 5.42. The van der Waals surface area contributed by atoms with Crippen LogP contribution in [-0.4, -0.2) is 9.55 Å². The van der Waals surface area contributed by atoms with Gasteiger partial charge in [0.2, 0.25) is 0 Å². The van der Waals surface area contributed by atoms with Crippen molar-refractivity contribution < 1.29 is 13.2 Å². The predicted octanol–water partition coefficient (Wildman–Crippen LogP) is 2.76. The molecule has 0 spiro atoms. The molecule has 0 aliphatic rings. The Hall–Kier alpha value is -2.83. The minimum absolute atomic E-state index is 0.225. The van der Waals surface area contributed by atoms with Crippen LogP contribution in [0.5, 0.6) is 0 Å². The van der Waals surface area contributed by atoms with E-state index in [9.17, 15) is 22.8 Å². The first-order chi connectivity index (χ1) is 10.9. The summed E-state index contributed by atoms with van der Waals surface area (Å²) in [6.07, 6.45) is -4.48. The molecule has 7 heteroatoms. The molecule has 2 aromatic carbocycles. The number of aromatic amines is 1. The van der Waals surface area contributed by atoms with Crippen LogP contribution in [0.25, 0.3) is 10.9 Å². The van der Waals surface area contributed by atoms with Gasteiger partial charge in [0.05, 0.1) is 23.0 Å². The van der Waals surface area contributed by atoms with Gasteiger partial charge in [-0.3, -0.25) is 9.36 Å². The van der Waals surface area contributed by atoms with Crippen molar-refractivity contribution in [2.45, 2.75) is 12.7 Å². The Kier molecular flexibility index (Phi) is 3.55. The summed E-state index contributed by atoms with van der Waals surface area (Å²) in [5.41, 5.74) is -1.40. The molecule has 0 atom stereocenters. The third kappa shape index (κ3) is 2.90. The number of rotatable bonds is 2. The van der Waals surface area contributed by atoms with Gasteiger partial charge >= 0.3 is 11.9 Å². The SMILES string of the molecule is O=c1[nH]c2ccccc2c(=O)n1Cc1cccc(C(F)(F)F)c1. The Balaban J connectivity index is 2.09. The number of hydrogen-bond acceptors (Lipinski definition) is 2. The Labute approximate surface area is 127 Å². The number of alkyl halides is 3. The predicted molar refractivity (Wildman–Crippen MR) is 79.4 cm³/mol. The standard InChI is InChI=1S/C16H11F3N2O2/c17-16(18,19)11-5-3-4-10(8-11)9-21-14(22)12-6-1-2-7-13(12)20-15(21)23/h1-8H,9H2,(H,20,23). The average Bonchev–Trinajstić information content (AvgIpc) is 2.51. The maximum atomic E-state index is 12.7. The summed E-state index contributed by atoms with van der Waals surface area (Å²) in [7, 11) is 0. The first-order valence-corrected chi connectivity index (χ1v) is 6.74. The van der Waals surface area contributed by atoms with E-state index in [2.05, 4.69) is 4.98 Å². The van der Waals surface area contributed by atoms with Crippen LogP contribution >= 0.6 is 0 Å². The van der Waals surface area contributed by atoms with Gasteiger partial charge < -0.3 is 4.98 Å². The van der Waals surface area contributed by atoms with Crippen molar-refractivity contribution in [1.29, 1.82) is 0 Å². The van der Waals surface area contributed by atoms with E-state index in [1.165, 1.54) is 12.1 Å². The van der Waals surface area contributed by atoms with E-state index < -0.39 is 23.0 Å². The minimum Gasteiger partial charge on any atom is -0.307 e. The van der Waals surface area contributed by atoms with Crippen LogP contribution in [0.1, 0.15) is 11.1 Å². The molecule has 1 N–H and O–H groups in total. The normalized spacial score (nSPS) is 11.8. The van der Waals surface area contributed by atoms with Gasteiger partial charge in [-0.15, -0.1) is 0 Å². The Morgan fingerprint density at radius 3 is 2.48 bits per heavy atom. The minimum atomic E-state index is -4.48. The Bertz CT molecular complexity index is 987. The Morgan fingerprint density at radius 2 is 1.74 bits per heavy atom. The van der Waals surface area contributed by atoms with Gasteiger partial charge in [0, 0.05) is 0 Å². The summed E-state index contributed by atoms with van der Waals surface area (Å²) in [6.45, 7) is -0.233. The molecule has 3 aromatic rings. The van der Waals surface area contributed by atoms with Crippen molar-refractivity contribution in [3.63, 3.8) is 0 Å². The number of para-hydroxylation sites is 1. The van der Waals surface area contributed by atoms with Crippen molar-refractivity contribution in [3.8, 4) is 0 Å². The largest absolute Gasteiger partial charge is 0.416 e. The van der Waals surface area contributed by atoms with E-state index in [-0.39, 0.29) is 12.1 Å². The van der Waals surface area contributed by atoms with E-state index in [1.807, 2.05) is 0 Å². The van der Waals surface area contributed by atoms with E-state index >= 15 is 0 Å². The van der Waals surface area contributed by atoms with Gasteiger partial charge in [0.15, 0.2) is 0 Å². The Morgan fingerprint density at radius 1 is 1.00 bits per heavy atom. The fraction of sp³-hybridized carbons (Fsp3) is 0.125. The third-order valence-electron chi connectivity index (χ3n) is 3.48. The van der Waals surface area contributed by atoms with Gasteiger partial charge in [-0.1, -0.05) is 24.3 Å². The van der Waals surface area contributed by atoms with Gasteiger partial charge in [-0.2, -0.15) is 13.2 Å². The number of benzene rings is 2. The van der Waals surface area contributed by atoms with Crippen molar-refractivity contribution in [2.75, 3.05) is 0 Å². The van der Waals surface area contributed by atoms with Gasteiger partial charge in [-0.25, -0.2) is 4.79 Å². The number of halogens is 3. The number of aromatic nitrogens is 2. The summed E-state index contributed by atoms with van der Waals surface area (Å²) < 4.78 is 39.1. The molecule has 0 aliphatic heterocycles. The topological polar surface area (TPSA) is 54.9 Å². The monoisotopic (exact) mass is 320 g/mol. The molecule has 0 saturated heterocycles. The molecule has 0 radical (unpaired) electrons. The lowest BCUT2D eigenvalue weighted by atomic mass is 10.1. The van der Waals surface area contributed by atoms with Crippen LogP contribution in [0.4, 0.5) is 13.2 Å². The van der Waals surface area contributed by atoms with Gasteiger partial charge in [0.25, 0.3) is 5.56 Å². The summed E-state index contributed by atoms with van der Waals surface area (Å²) >= 11 is 0. The molecule has 3 rings (SSSR count). The lowest BCUT2D eigenvalue weighted by molar-refractivity contribution is -0.137. The van der Waals surface area contributed by atoms with Gasteiger partial charge in [-0.05, 0) is 29.8 Å². The van der Waals surface area contributed by atoms with Crippen LogP contribution < -0.4 is 11.2 Å². The van der Waals surface area contributed by atoms with Crippen molar-refractivity contribution >= 4 is 10.9 Å². The lowest BCUT2D eigenvalue weighted by Crippen LogP contribution is -2.35. The maximum Gasteiger partial charge on any atom is 0.416 e. The lowest BCUT2D eigenvalue weighted by Gasteiger charge is -2.10. The molecule has 4 nitrogen and oxygen atoms in total. The van der Waals surface area contributed by atoms with E-state index in [0.29, 0.717) is 10.9 Å². The van der Waals surface area contributed by atoms with Crippen molar-refractivity contribution in [2.24, 2.45) is 0 Å². The molecule has 0 bridgehead atoms. The zero-order valence-corrected chi connectivity index (χ0v) is 11.7. The summed E-state index contributed by atoms with van der Waals surface area (Å²) in [5.74, 6) is 0. The van der Waals surface area contributed by atoms with E-state index in [1.54, 1.807) is 24.3 Å². The molecule has 0 amide bonds. The van der Waals surface area contributed by atoms with Gasteiger partial charge in [0.1, 0.15) is 0 Å². The molecule has 1 aromatic heterocycles. The average molecular weight is 320 g/mol. The quantitative estimate of drug-likeness (QED) is 0.789. The number of nitrogens with zero attached hydrogens (tertiary/aromatic N) is 1. The second-order valence-electron chi connectivity index (χ2n) is 5.07. The zero-order chi connectivity index (χ0) is 16.6. The molecule has 23 heavy (non-hydrogen) atoms. The molecule has 0 aliphatic carbocycles. The van der Waals surface area contributed by atoms with E-state index in [4.69, 9.17) is 0 Å². The highest BCUT2D eigenvalue weighted by Gasteiger charge is 2.30. The third-order valence-corrected chi connectivity index (χ3v) is 3.48. The number of fused-ring (bicyclic) bond motifs is 1. The second-order valence-corrected chi connectivity index (χ2v) is 5.07. The fourth-order valence-corrected chi connectivity index (χ4v) is 2.37. The summed E-state index contributed by atoms with van der Waals surface area (Å²) in [6, 6.07) is 11.0. The summed E-state index contributed by atoms with van der Waals surface area (Å²) in [5, 5.41) is 0.305. The molecule has 0 fully saturated rings. The molecular formula is C16H11F3N2O2. The first kappa shape index (κ1) is 15.1. The van der Waals surface area contributed by atoms with Crippen LogP contribution in [-0.2, 0) is 12.7 Å². The molecule has 0 unspecified atom stereocenters. The van der Waals surface area contributed by atoms with Crippen LogP contribution in [0.2, 0.25) is 0 Å². The maximum absolute atomic E-state index is 12.7. The molecule has 1 heterocycles. The number of hydrogen-bond donors (Lipinski definition) is 1. The van der Waals surface area contributed by atoms with E-state index in [0.717, 1.165) is 16.7 Å². The summed E-state index contributed by atoms with van der Waals surface area (Å²) in [4.78, 5) is 26.9. The highest BCUT2D eigenvalue weighted by molar-refractivity contribution is 5.76. The highest BCUT2D eigenvalue weighted by atomic mass is 19.4.